The predicted octanol–water partition coefficient (Wildman–Crippen LogP) is 9.14. The smallest absolute Gasteiger partial charge is 0.410 e. The Bertz CT molecular complexity index is 1910. The molecule has 0 saturated carbocycles. The molecule has 2 atom stereocenters. The number of aromatic nitrogens is 4. The second kappa shape index (κ2) is 13.2. The Labute approximate surface area is 282 Å². The van der Waals surface area contributed by atoms with Gasteiger partial charge >= 0.3 is 12.2 Å². The van der Waals surface area contributed by atoms with Crippen LogP contribution in [-0.2, 0) is 9.47 Å². The highest BCUT2D eigenvalue weighted by Crippen LogP contribution is 2.31. The van der Waals surface area contributed by atoms with Crippen molar-refractivity contribution in [1.82, 2.24) is 29.7 Å². The lowest BCUT2D eigenvalue weighted by Gasteiger charge is -2.27. The number of rotatable bonds is 7. The van der Waals surface area contributed by atoms with E-state index in [4.69, 9.17) is 19.4 Å². The lowest BCUT2D eigenvalue weighted by atomic mass is 9.98. The molecule has 0 aliphatic heterocycles. The molecule has 0 radical (unpaired) electrons. The van der Waals surface area contributed by atoms with Gasteiger partial charge in [0.1, 0.15) is 22.9 Å². The van der Waals surface area contributed by atoms with Gasteiger partial charge in [-0.2, -0.15) is 0 Å². The Kier molecular flexibility index (Phi) is 9.39. The molecule has 252 valence electrons. The number of imidazole rings is 2. The molecule has 0 unspecified atom stereocenters. The van der Waals surface area contributed by atoms with Crippen LogP contribution in [0.25, 0.3) is 44.4 Å². The number of amides is 2. The molecule has 2 heterocycles. The first kappa shape index (κ1) is 34.2. The van der Waals surface area contributed by atoms with Crippen molar-refractivity contribution in [2.24, 2.45) is 0 Å². The first-order valence-corrected chi connectivity index (χ1v) is 16.2. The molecular weight excluding hydrogens is 604 g/mol. The first-order valence-electron chi connectivity index (χ1n) is 16.2. The summed E-state index contributed by atoms with van der Waals surface area (Å²) in [5, 5.41) is 2.22. The van der Waals surface area contributed by atoms with Crippen LogP contribution in [0.15, 0.2) is 73.1 Å². The third-order valence-electron chi connectivity index (χ3n) is 8.16. The number of nitrogens with zero attached hydrogens (tertiary/aromatic N) is 4. The fourth-order valence-corrected chi connectivity index (χ4v) is 5.17. The van der Waals surface area contributed by atoms with Crippen molar-refractivity contribution < 1.29 is 19.1 Å². The summed E-state index contributed by atoms with van der Waals surface area (Å²) in [4.78, 5) is 44.2. The topological polar surface area (TPSA) is 116 Å². The van der Waals surface area contributed by atoms with Crippen molar-refractivity contribution >= 4 is 23.0 Å². The van der Waals surface area contributed by atoms with Crippen molar-refractivity contribution in [3.8, 4) is 33.6 Å². The van der Waals surface area contributed by atoms with Crippen LogP contribution in [0.5, 0.6) is 0 Å². The lowest BCUT2D eigenvalue weighted by molar-refractivity contribution is 0.0217. The van der Waals surface area contributed by atoms with E-state index < -0.39 is 23.4 Å². The summed E-state index contributed by atoms with van der Waals surface area (Å²) in [6, 6.07) is 20.5. The van der Waals surface area contributed by atoms with E-state index in [2.05, 4.69) is 70.6 Å². The molecule has 0 aliphatic carbocycles. The second-order valence-corrected chi connectivity index (χ2v) is 14.2. The van der Waals surface area contributed by atoms with Crippen molar-refractivity contribution in [3.63, 3.8) is 0 Å². The molecule has 2 N–H and O–H groups in total. The molecule has 5 aromatic rings. The van der Waals surface area contributed by atoms with Crippen molar-refractivity contribution in [2.45, 2.75) is 78.7 Å². The maximum absolute atomic E-state index is 12.5. The highest BCUT2D eigenvalue weighted by Gasteiger charge is 2.27. The number of nitrogens with one attached hydrogen (secondary N) is 2. The third kappa shape index (κ3) is 7.87. The zero-order chi connectivity index (χ0) is 35.0. The molecule has 2 amide bonds. The highest BCUT2D eigenvalue weighted by atomic mass is 16.6. The standard InChI is InChI=1S/C38H46N6O4/c1-23(43(9)35(45)47-37(3,4)5)33-39-21-31(41-33)26-13-11-25(12-14-26)27-15-16-29-20-30(18-17-28(29)19-27)32-22-40-34(42-32)24(2)44(10)36(46)48-38(6,7)8/h11-24H,1-10H3,(H,39,41)(H,40,42)/t23-,24-/m0/s1. The average molecular weight is 651 g/mol. The number of ether oxygens (including phenoxy) is 2. The molecular formula is C38H46N6O4. The summed E-state index contributed by atoms with van der Waals surface area (Å²) < 4.78 is 11.0. The third-order valence-corrected chi connectivity index (χ3v) is 8.16. The minimum atomic E-state index is -0.568. The molecule has 0 fully saturated rings. The Morgan fingerprint density at radius 3 is 1.44 bits per heavy atom. The van der Waals surface area contributed by atoms with Crippen LogP contribution in [0.3, 0.4) is 0 Å². The summed E-state index contributed by atoms with van der Waals surface area (Å²) in [6.07, 6.45) is 2.94. The number of hydrogen-bond acceptors (Lipinski definition) is 6. The van der Waals surface area contributed by atoms with Gasteiger partial charge in [-0.25, -0.2) is 19.6 Å². The van der Waals surface area contributed by atoms with Gasteiger partial charge < -0.3 is 29.2 Å². The summed E-state index contributed by atoms with van der Waals surface area (Å²) in [5.41, 5.74) is 4.65. The predicted molar refractivity (Wildman–Crippen MR) is 189 cm³/mol. The van der Waals surface area contributed by atoms with Crippen LogP contribution < -0.4 is 0 Å². The summed E-state index contributed by atoms with van der Waals surface area (Å²) in [5.74, 6) is 1.37. The largest absolute Gasteiger partial charge is 0.444 e. The van der Waals surface area contributed by atoms with Gasteiger partial charge in [-0.05, 0) is 89.4 Å². The van der Waals surface area contributed by atoms with E-state index in [1.807, 2.05) is 67.8 Å². The van der Waals surface area contributed by atoms with Crippen LogP contribution in [0, 0.1) is 0 Å². The Balaban J connectivity index is 1.27. The number of carbonyl (C=O) groups excluding carboxylic acids is 2. The van der Waals surface area contributed by atoms with E-state index >= 15 is 0 Å². The van der Waals surface area contributed by atoms with E-state index in [-0.39, 0.29) is 12.1 Å². The van der Waals surface area contributed by atoms with Crippen LogP contribution in [-0.4, -0.2) is 67.2 Å². The molecule has 48 heavy (non-hydrogen) atoms. The molecule has 5 rings (SSSR count). The highest BCUT2D eigenvalue weighted by molar-refractivity contribution is 5.90. The van der Waals surface area contributed by atoms with Gasteiger partial charge in [-0.1, -0.05) is 48.5 Å². The number of H-pyrrole nitrogens is 2. The van der Waals surface area contributed by atoms with Gasteiger partial charge in [0, 0.05) is 37.6 Å². The Morgan fingerprint density at radius 2 is 0.979 bits per heavy atom. The molecule has 0 aliphatic rings. The molecule has 0 bridgehead atoms. The Hall–Kier alpha value is -5.12. The summed E-state index contributed by atoms with van der Waals surface area (Å²) >= 11 is 0. The van der Waals surface area contributed by atoms with Crippen molar-refractivity contribution in [3.05, 3.63) is 84.7 Å². The first-order chi connectivity index (χ1) is 22.5. The zero-order valence-electron chi connectivity index (χ0n) is 29.5. The fraction of sp³-hybridized carbons (Fsp3) is 0.368. The molecule has 10 nitrogen and oxygen atoms in total. The van der Waals surface area contributed by atoms with Crippen LogP contribution in [0.1, 0.15) is 79.1 Å². The second-order valence-electron chi connectivity index (χ2n) is 14.2. The summed E-state index contributed by atoms with van der Waals surface area (Å²) in [6.45, 7) is 14.9. The lowest BCUT2D eigenvalue weighted by Crippen LogP contribution is -2.36. The van der Waals surface area contributed by atoms with Gasteiger partial charge in [-0.3, -0.25) is 0 Å². The van der Waals surface area contributed by atoms with Gasteiger partial charge in [0.25, 0.3) is 0 Å². The maximum atomic E-state index is 12.5. The van der Waals surface area contributed by atoms with Crippen LogP contribution >= 0.6 is 0 Å². The number of aromatic amines is 2. The van der Waals surface area contributed by atoms with Gasteiger partial charge in [0.05, 0.1) is 23.5 Å². The monoisotopic (exact) mass is 650 g/mol. The van der Waals surface area contributed by atoms with Crippen LogP contribution in [0.4, 0.5) is 9.59 Å². The number of hydrogen-bond donors (Lipinski definition) is 2. The average Bonchev–Trinajstić information content (AvgIpc) is 3.72. The van der Waals surface area contributed by atoms with Gasteiger partial charge in [0.15, 0.2) is 0 Å². The molecule has 0 saturated heterocycles. The van der Waals surface area contributed by atoms with Crippen LogP contribution in [0.2, 0.25) is 0 Å². The summed E-state index contributed by atoms with van der Waals surface area (Å²) in [7, 11) is 3.43. The molecule has 10 heteroatoms. The fourth-order valence-electron chi connectivity index (χ4n) is 5.17. The van der Waals surface area contributed by atoms with Crippen molar-refractivity contribution in [1.29, 1.82) is 0 Å². The van der Waals surface area contributed by atoms with E-state index in [1.54, 1.807) is 23.9 Å². The van der Waals surface area contributed by atoms with E-state index in [0.717, 1.165) is 44.4 Å². The van der Waals surface area contributed by atoms with Gasteiger partial charge in [0.2, 0.25) is 0 Å². The van der Waals surface area contributed by atoms with Crippen molar-refractivity contribution in [2.75, 3.05) is 14.1 Å². The maximum Gasteiger partial charge on any atom is 0.410 e. The minimum absolute atomic E-state index is 0.282. The Morgan fingerprint density at radius 1 is 0.604 bits per heavy atom. The van der Waals surface area contributed by atoms with E-state index in [0.29, 0.717) is 11.6 Å². The normalized spacial score (nSPS) is 13.2. The SMILES string of the molecule is C[C@@H](c1nc(-c2ccc(-c3ccc4cc(-c5c[nH]c([C@H](C)N(C)C(=O)OC(C)(C)C)n5)ccc4c3)cc2)c[nH]1)N(C)C(=O)OC(C)(C)C. The van der Waals surface area contributed by atoms with Gasteiger partial charge in [-0.15, -0.1) is 0 Å². The molecule has 3 aromatic carbocycles. The minimum Gasteiger partial charge on any atom is -0.444 e. The van der Waals surface area contributed by atoms with E-state index in [9.17, 15) is 9.59 Å². The quantitative estimate of drug-likeness (QED) is 0.181. The zero-order valence-corrected chi connectivity index (χ0v) is 29.5. The van der Waals surface area contributed by atoms with E-state index in [1.165, 1.54) is 0 Å². The molecule has 0 spiro atoms. The molecule has 2 aromatic heterocycles. The number of benzene rings is 3. The number of carbonyl (C=O) groups is 2. The number of fused-ring (bicyclic) bond motifs is 1.